The number of halogens is 2. The van der Waals surface area contributed by atoms with E-state index in [2.05, 4.69) is 0 Å². The van der Waals surface area contributed by atoms with Gasteiger partial charge in [-0.3, -0.25) is 4.79 Å². The first kappa shape index (κ1) is 11.3. The normalized spacial score (nSPS) is 10.0. The second kappa shape index (κ2) is 4.67. The van der Waals surface area contributed by atoms with Gasteiger partial charge in [-0.25, -0.2) is 0 Å². The van der Waals surface area contributed by atoms with Crippen LogP contribution in [0, 0.1) is 0 Å². The summed E-state index contributed by atoms with van der Waals surface area (Å²) in [5, 5.41) is 0.682. The lowest BCUT2D eigenvalue weighted by molar-refractivity contribution is 0.101. The van der Waals surface area contributed by atoms with Gasteiger partial charge in [0.05, 0.1) is 11.6 Å². The predicted octanol–water partition coefficient (Wildman–Crippen LogP) is 3.59. The van der Waals surface area contributed by atoms with Crippen molar-refractivity contribution < 1.29 is 9.53 Å². The van der Waals surface area contributed by atoms with E-state index >= 15 is 0 Å². The zero-order chi connectivity index (χ0) is 10.7. The van der Waals surface area contributed by atoms with E-state index < -0.39 is 0 Å². The summed E-state index contributed by atoms with van der Waals surface area (Å²) >= 11 is 11.7. The van der Waals surface area contributed by atoms with Crippen LogP contribution in [-0.4, -0.2) is 12.4 Å². The number of benzene rings is 1. The number of ketones is 1. The molecule has 0 N–H and O–H groups in total. The highest BCUT2D eigenvalue weighted by Gasteiger charge is 2.10. The first-order valence-corrected chi connectivity index (χ1v) is 4.94. The lowest BCUT2D eigenvalue weighted by atomic mass is 10.1. The monoisotopic (exact) mass is 232 g/mol. The average Bonchev–Trinajstić information content (AvgIpc) is 2.12. The van der Waals surface area contributed by atoms with Crippen LogP contribution in [0.15, 0.2) is 12.1 Å². The summed E-state index contributed by atoms with van der Waals surface area (Å²) in [6, 6.07) is 3.13. The van der Waals surface area contributed by atoms with Gasteiger partial charge < -0.3 is 4.74 Å². The molecule has 0 saturated carbocycles. The van der Waals surface area contributed by atoms with Crippen molar-refractivity contribution in [3.8, 4) is 5.75 Å². The van der Waals surface area contributed by atoms with E-state index in [0.717, 1.165) is 0 Å². The zero-order valence-corrected chi connectivity index (χ0v) is 9.45. The minimum atomic E-state index is -0.0653. The molecule has 0 radical (unpaired) electrons. The van der Waals surface area contributed by atoms with Gasteiger partial charge in [0.15, 0.2) is 5.78 Å². The number of carbonyl (C=O) groups excluding carboxylic acids is 1. The summed E-state index contributed by atoms with van der Waals surface area (Å²) in [6.07, 6.45) is 0. The van der Waals surface area contributed by atoms with E-state index in [1.54, 1.807) is 6.07 Å². The lowest BCUT2D eigenvalue weighted by Crippen LogP contribution is -1.97. The van der Waals surface area contributed by atoms with Crippen molar-refractivity contribution >= 4 is 29.0 Å². The molecule has 0 spiro atoms. The summed E-state index contributed by atoms with van der Waals surface area (Å²) in [6.45, 7) is 3.79. The maximum atomic E-state index is 11.1. The SMILES string of the molecule is CCOc1cc(C(C)=O)cc(Cl)c1Cl. The first-order chi connectivity index (χ1) is 6.56. The highest BCUT2D eigenvalue weighted by molar-refractivity contribution is 6.43. The van der Waals surface area contributed by atoms with E-state index in [1.807, 2.05) is 6.92 Å². The molecule has 14 heavy (non-hydrogen) atoms. The molecule has 0 saturated heterocycles. The fourth-order valence-electron chi connectivity index (χ4n) is 1.03. The highest BCUT2D eigenvalue weighted by Crippen LogP contribution is 2.33. The first-order valence-electron chi connectivity index (χ1n) is 4.19. The van der Waals surface area contributed by atoms with Crippen LogP contribution in [0.3, 0.4) is 0 Å². The molecule has 0 aliphatic carbocycles. The molecule has 0 amide bonds. The lowest BCUT2D eigenvalue weighted by Gasteiger charge is -2.08. The van der Waals surface area contributed by atoms with Gasteiger partial charge in [-0.1, -0.05) is 23.2 Å². The number of hydrogen-bond acceptors (Lipinski definition) is 2. The van der Waals surface area contributed by atoms with Gasteiger partial charge in [0, 0.05) is 5.56 Å². The maximum absolute atomic E-state index is 11.1. The average molecular weight is 233 g/mol. The van der Waals surface area contributed by atoms with Crippen molar-refractivity contribution in [3.63, 3.8) is 0 Å². The van der Waals surface area contributed by atoms with Crippen LogP contribution in [-0.2, 0) is 0 Å². The number of carbonyl (C=O) groups is 1. The van der Waals surface area contributed by atoms with E-state index in [0.29, 0.717) is 28.0 Å². The fraction of sp³-hybridized carbons (Fsp3) is 0.300. The Morgan fingerprint density at radius 1 is 1.43 bits per heavy atom. The topological polar surface area (TPSA) is 26.3 Å². The van der Waals surface area contributed by atoms with Crippen LogP contribution in [0.5, 0.6) is 5.75 Å². The molecule has 0 aromatic heterocycles. The van der Waals surface area contributed by atoms with Crippen molar-refractivity contribution in [3.05, 3.63) is 27.7 Å². The van der Waals surface area contributed by atoms with Crippen molar-refractivity contribution in [2.24, 2.45) is 0 Å². The van der Waals surface area contributed by atoms with Gasteiger partial charge in [-0.05, 0) is 26.0 Å². The van der Waals surface area contributed by atoms with Gasteiger partial charge in [-0.15, -0.1) is 0 Å². The van der Waals surface area contributed by atoms with Crippen molar-refractivity contribution in [2.75, 3.05) is 6.61 Å². The largest absolute Gasteiger partial charge is 0.492 e. The third-order valence-electron chi connectivity index (χ3n) is 1.70. The third-order valence-corrected chi connectivity index (χ3v) is 2.49. The number of ether oxygens (including phenoxy) is 1. The molecule has 0 bridgehead atoms. The number of hydrogen-bond donors (Lipinski definition) is 0. The molecule has 0 fully saturated rings. The molecule has 0 unspecified atom stereocenters. The van der Waals surface area contributed by atoms with Crippen LogP contribution < -0.4 is 4.74 Å². The zero-order valence-electron chi connectivity index (χ0n) is 7.93. The van der Waals surface area contributed by atoms with Gasteiger partial charge in [0.25, 0.3) is 0 Å². The second-order valence-corrected chi connectivity index (χ2v) is 3.54. The van der Waals surface area contributed by atoms with E-state index in [9.17, 15) is 4.79 Å². The number of Topliss-reactive ketones (excluding diaryl/α,β-unsaturated/α-hetero) is 1. The summed E-state index contributed by atoms with van der Waals surface area (Å²) in [4.78, 5) is 11.1. The molecule has 2 nitrogen and oxygen atoms in total. The molecule has 0 aliphatic heterocycles. The van der Waals surface area contributed by atoms with E-state index in [1.165, 1.54) is 13.0 Å². The standard InChI is InChI=1S/C10H10Cl2O2/c1-3-14-9-5-7(6(2)13)4-8(11)10(9)12/h4-5H,3H2,1-2H3. The Morgan fingerprint density at radius 3 is 2.57 bits per heavy atom. The van der Waals surface area contributed by atoms with Gasteiger partial charge in [0.2, 0.25) is 0 Å². The molecule has 1 rings (SSSR count). The Hall–Kier alpha value is -0.730. The van der Waals surface area contributed by atoms with E-state index in [4.69, 9.17) is 27.9 Å². The van der Waals surface area contributed by atoms with Crippen molar-refractivity contribution in [1.82, 2.24) is 0 Å². The molecule has 1 aromatic carbocycles. The fourth-order valence-corrected chi connectivity index (χ4v) is 1.40. The van der Waals surface area contributed by atoms with Crippen LogP contribution >= 0.6 is 23.2 Å². The molecule has 0 heterocycles. The number of rotatable bonds is 3. The van der Waals surface area contributed by atoms with Crippen LogP contribution in [0.1, 0.15) is 24.2 Å². The molecular weight excluding hydrogens is 223 g/mol. The molecule has 0 aliphatic rings. The van der Waals surface area contributed by atoms with E-state index in [-0.39, 0.29) is 5.78 Å². The third kappa shape index (κ3) is 2.40. The quantitative estimate of drug-likeness (QED) is 0.745. The Labute approximate surface area is 92.8 Å². The molecule has 1 aromatic rings. The van der Waals surface area contributed by atoms with Gasteiger partial charge >= 0.3 is 0 Å². The summed E-state index contributed by atoms with van der Waals surface area (Å²) < 4.78 is 5.24. The highest BCUT2D eigenvalue weighted by atomic mass is 35.5. The summed E-state index contributed by atoms with van der Waals surface area (Å²) in [7, 11) is 0. The van der Waals surface area contributed by atoms with Crippen molar-refractivity contribution in [1.29, 1.82) is 0 Å². The Kier molecular flexibility index (Phi) is 3.78. The van der Waals surface area contributed by atoms with Gasteiger partial charge in [-0.2, -0.15) is 0 Å². The van der Waals surface area contributed by atoms with Crippen LogP contribution in [0.25, 0.3) is 0 Å². The predicted molar refractivity (Wildman–Crippen MR) is 57.6 cm³/mol. The molecule has 76 valence electrons. The summed E-state index contributed by atoms with van der Waals surface area (Å²) in [5.74, 6) is 0.386. The van der Waals surface area contributed by atoms with Crippen LogP contribution in [0.4, 0.5) is 0 Å². The minimum Gasteiger partial charge on any atom is -0.492 e. The Morgan fingerprint density at radius 2 is 2.07 bits per heavy atom. The maximum Gasteiger partial charge on any atom is 0.159 e. The van der Waals surface area contributed by atoms with Gasteiger partial charge in [0.1, 0.15) is 10.8 Å². The molecular formula is C10H10Cl2O2. The van der Waals surface area contributed by atoms with Crippen LogP contribution in [0.2, 0.25) is 10.0 Å². The molecule has 0 atom stereocenters. The Bertz CT molecular complexity index is 361. The Balaban J connectivity index is 3.20. The smallest absolute Gasteiger partial charge is 0.159 e. The molecule has 4 heteroatoms. The summed E-state index contributed by atoms with van der Waals surface area (Å²) in [5.41, 5.74) is 0.503. The minimum absolute atomic E-state index is 0.0653. The second-order valence-electron chi connectivity index (χ2n) is 2.76. The van der Waals surface area contributed by atoms with Crippen molar-refractivity contribution in [2.45, 2.75) is 13.8 Å².